The van der Waals surface area contributed by atoms with Gasteiger partial charge in [0.1, 0.15) is 11.5 Å². The average molecular weight is 175 g/mol. The van der Waals surface area contributed by atoms with Crippen molar-refractivity contribution in [1.82, 2.24) is 4.98 Å². The van der Waals surface area contributed by atoms with Gasteiger partial charge in [0.15, 0.2) is 6.29 Å². The Morgan fingerprint density at radius 1 is 1.50 bits per heavy atom. The number of halogens is 3. The molecule has 0 aromatic carbocycles. The number of pyridine rings is 1. The molecule has 0 saturated heterocycles. The number of carbonyl (C=O) groups excluding carboxylic acids is 1. The number of carbonyl (C=O) groups is 1. The van der Waals surface area contributed by atoms with E-state index in [0.29, 0.717) is 6.07 Å². The molecule has 12 heavy (non-hydrogen) atoms. The first-order chi connectivity index (χ1) is 5.65. The fraction of sp³-hybridized carbons (Fsp3) is 0.143. The second-order valence-electron chi connectivity index (χ2n) is 2.05. The van der Waals surface area contributed by atoms with E-state index in [2.05, 4.69) is 4.98 Å². The Hall–Kier alpha value is -1.39. The van der Waals surface area contributed by atoms with E-state index < -0.39 is 23.5 Å². The minimum Gasteiger partial charge on any atom is -0.296 e. The lowest BCUT2D eigenvalue weighted by Gasteiger charge is -2.00. The van der Waals surface area contributed by atoms with Crippen molar-refractivity contribution in [3.05, 3.63) is 29.3 Å². The summed E-state index contributed by atoms with van der Waals surface area (Å²) in [5.74, 6) is -0.879. The van der Waals surface area contributed by atoms with Crippen molar-refractivity contribution in [2.75, 3.05) is 0 Å². The van der Waals surface area contributed by atoms with Crippen molar-refractivity contribution >= 4 is 6.29 Å². The summed E-state index contributed by atoms with van der Waals surface area (Å²) in [5.41, 5.74) is -1.10. The lowest BCUT2D eigenvalue weighted by molar-refractivity contribution is 0.110. The molecule has 0 saturated carbocycles. The van der Waals surface area contributed by atoms with Crippen molar-refractivity contribution in [3.63, 3.8) is 0 Å². The number of hydrogen-bond acceptors (Lipinski definition) is 2. The predicted molar refractivity (Wildman–Crippen MR) is 34.5 cm³/mol. The van der Waals surface area contributed by atoms with Gasteiger partial charge in [-0.25, -0.2) is 18.2 Å². The molecule has 0 radical (unpaired) electrons. The quantitative estimate of drug-likeness (QED) is 0.643. The molecule has 0 aliphatic heterocycles. The number of alkyl halides is 2. The van der Waals surface area contributed by atoms with Gasteiger partial charge in [-0.1, -0.05) is 0 Å². The summed E-state index contributed by atoms with van der Waals surface area (Å²) in [4.78, 5) is 13.3. The molecule has 0 aliphatic rings. The average Bonchev–Trinajstić information content (AvgIpc) is 2.04. The summed E-state index contributed by atoms with van der Waals surface area (Å²) in [6.07, 6.45) is -2.00. The van der Waals surface area contributed by atoms with Gasteiger partial charge >= 0.3 is 0 Å². The molecule has 0 spiro atoms. The maximum Gasteiger partial charge on any atom is 0.266 e. The monoisotopic (exact) mass is 175 g/mol. The zero-order valence-electron chi connectivity index (χ0n) is 5.80. The van der Waals surface area contributed by atoms with Crippen LogP contribution in [-0.2, 0) is 0 Å². The highest BCUT2D eigenvalue weighted by atomic mass is 19.3. The van der Waals surface area contributed by atoms with Crippen molar-refractivity contribution in [3.8, 4) is 0 Å². The lowest BCUT2D eigenvalue weighted by Crippen LogP contribution is -1.97. The van der Waals surface area contributed by atoms with Crippen LogP contribution >= 0.6 is 0 Å². The molecule has 0 amide bonds. The lowest BCUT2D eigenvalue weighted by atomic mass is 10.2. The summed E-state index contributed by atoms with van der Waals surface area (Å²) in [6.45, 7) is 0. The molecule has 2 nitrogen and oxygen atoms in total. The Bertz CT molecular complexity index is 301. The van der Waals surface area contributed by atoms with Crippen molar-refractivity contribution in [2.24, 2.45) is 0 Å². The summed E-state index contributed by atoms with van der Waals surface area (Å²) >= 11 is 0. The number of aromatic nitrogens is 1. The summed E-state index contributed by atoms with van der Waals surface area (Å²) < 4.78 is 36.4. The third kappa shape index (κ3) is 1.61. The van der Waals surface area contributed by atoms with E-state index in [-0.39, 0.29) is 6.29 Å². The summed E-state index contributed by atoms with van der Waals surface area (Å²) in [5, 5.41) is 0. The van der Waals surface area contributed by atoms with E-state index in [1.807, 2.05) is 0 Å². The highest BCUT2D eigenvalue weighted by Gasteiger charge is 2.14. The van der Waals surface area contributed by atoms with Crippen LogP contribution in [0.3, 0.4) is 0 Å². The van der Waals surface area contributed by atoms with Crippen LogP contribution in [0.5, 0.6) is 0 Å². The van der Waals surface area contributed by atoms with E-state index in [1.54, 1.807) is 0 Å². The molecule has 1 aromatic heterocycles. The fourth-order valence-electron chi connectivity index (χ4n) is 0.739. The molecule has 5 heteroatoms. The van der Waals surface area contributed by atoms with Gasteiger partial charge in [-0.05, 0) is 6.07 Å². The van der Waals surface area contributed by atoms with Gasteiger partial charge in [0.2, 0.25) is 0 Å². The molecule has 0 unspecified atom stereocenters. The number of rotatable bonds is 2. The molecule has 0 aliphatic carbocycles. The molecular formula is C7H4F3NO. The Morgan fingerprint density at radius 3 is 2.67 bits per heavy atom. The first-order valence-corrected chi connectivity index (χ1v) is 3.04. The molecule has 0 atom stereocenters. The first-order valence-electron chi connectivity index (χ1n) is 3.04. The summed E-state index contributed by atoms with van der Waals surface area (Å²) in [7, 11) is 0. The number of nitrogens with zero attached hydrogens (tertiary/aromatic N) is 1. The van der Waals surface area contributed by atoms with Crippen LogP contribution in [0.15, 0.2) is 12.3 Å². The van der Waals surface area contributed by atoms with Crippen molar-refractivity contribution in [2.45, 2.75) is 6.43 Å². The van der Waals surface area contributed by atoms with Gasteiger partial charge in [0, 0.05) is 5.56 Å². The fourth-order valence-corrected chi connectivity index (χ4v) is 0.739. The highest BCUT2D eigenvalue weighted by Crippen LogP contribution is 2.20. The van der Waals surface area contributed by atoms with Gasteiger partial charge < -0.3 is 0 Å². The van der Waals surface area contributed by atoms with Crippen LogP contribution in [0.25, 0.3) is 0 Å². The van der Waals surface area contributed by atoms with Crippen LogP contribution in [0, 0.1) is 5.82 Å². The molecule has 64 valence electrons. The van der Waals surface area contributed by atoms with Crippen LogP contribution in [0.4, 0.5) is 13.2 Å². The second-order valence-corrected chi connectivity index (χ2v) is 2.05. The largest absolute Gasteiger partial charge is 0.296 e. The standard InChI is InChI=1S/C7H4F3NO/c8-4-1-5(7(9)10)6(3-12)11-2-4/h1-3,7H. The minimum atomic E-state index is -2.88. The molecular weight excluding hydrogens is 171 g/mol. The van der Waals surface area contributed by atoms with Crippen LogP contribution in [0.2, 0.25) is 0 Å². The maximum absolute atomic E-state index is 12.3. The van der Waals surface area contributed by atoms with E-state index >= 15 is 0 Å². The second kappa shape index (κ2) is 3.34. The Balaban J connectivity index is 3.21. The molecule has 1 heterocycles. The van der Waals surface area contributed by atoms with Crippen LogP contribution in [-0.4, -0.2) is 11.3 Å². The maximum atomic E-state index is 12.3. The first kappa shape index (κ1) is 8.70. The van der Waals surface area contributed by atoms with Gasteiger partial charge in [0.05, 0.1) is 6.20 Å². The highest BCUT2D eigenvalue weighted by molar-refractivity contribution is 5.74. The molecule has 0 N–H and O–H groups in total. The molecule has 1 aromatic rings. The molecule has 0 bridgehead atoms. The zero-order valence-corrected chi connectivity index (χ0v) is 5.80. The van der Waals surface area contributed by atoms with Crippen LogP contribution < -0.4 is 0 Å². The zero-order chi connectivity index (χ0) is 9.14. The van der Waals surface area contributed by atoms with E-state index in [9.17, 15) is 18.0 Å². The Labute approximate surface area is 66.0 Å². The van der Waals surface area contributed by atoms with Gasteiger partial charge in [-0.2, -0.15) is 0 Å². The third-order valence-corrected chi connectivity index (χ3v) is 1.26. The minimum absolute atomic E-state index is 0.168. The van der Waals surface area contributed by atoms with Crippen molar-refractivity contribution < 1.29 is 18.0 Å². The molecule has 1 rings (SSSR count). The predicted octanol–water partition coefficient (Wildman–Crippen LogP) is 1.97. The van der Waals surface area contributed by atoms with Gasteiger partial charge in [-0.3, -0.25) is 4.79 Å². The van der Waals surface area contributed by atoms with Crippen molar-refractivity contribution in [1.29, 1.82) is 0 Å². The SMILES string of the molecule is O=Cc1ncc(F)cc1C(F)F. The Morgan fingerprint density at radius 2 is 2.17 bits per heavy atom. The van der Waals surface area contributed by atoms with E-state index in [0.717, 1.165) is 6.20 Å². The van der Waals surface area contributed by atoms with Crippen LogP contribution in [0.1, 0.15) is 22.5 Å². The number of hydrogen-bond donors (Lipinski definition) is 0. The Kier molecular flexibility index (Phi) is 2.42. The third-order valence-electron chi connectivity index (χ3n) is 1.26. The van der Waals surface area contributed by atoms with E-state index in [1.165, 1.54) is 0 Å². The van der Waals surface area contributed by atoms with Gasteiger partial charge in [0.25, 0.3) is 6.43 Å². The topological polar surface area (TPSA) is 30.0 Å². The smallest absolute Gasteiger partial charge is 0.266 e. The molecule has 0 fully saturated rings. The summed E-state index contributed by atoms with van der Waals surface area (Å²) in [6, 6.07) is 0.599. The normalized spacial score (nSPS) is 10.3. The number of aldehydes is 1. The van der Waals surface area contributed by atoms with E-state index in [4.69, 9.17) is 0 Å². The van der Waals surface area contributed by atoms with Gasteiger partial charge in [-0.15, -0.1) is 0 Å².